The molecule has 0 bridgehead atoms. The van der Waals surface area contributed by atoms with E-state index in [4.69, 9.17) is 9.47 Å². The maximum Gasteiger partial charge on any atom is 0.407 e. The van der Waals surface area contributed by atoms with Crippen LogP contribution in [0.25, 0.3) is 5.57 Å². The third kappa shape index (κ3) is 4.67. The number of ether oxygens (including phenoxy) is 3. The molecule has 0 radical (unpaired) electrons. The summed E-state index contributed by atoms with van der Waals surface area (Å²) in [7, 11) is 2.98. The first-order valence-electron chi connectivity index (χ1n) is 8.61. The summed E-state index contributed by atoms with van der Waals surface area (Å²) in [6.07, 6.45) is 2.00. The molecule has 3 rings (SSSR count). The van der Waals surface area contributed by atoms with Crippen LogP contribution in [0.3, 0.4) is 0 Å². The van der Waals surface area contributed by atoms with Gasteiger partial charge in [0.25, 0.3) is 0 Å². The van der Waals surface area contributed by atoms with Crippen LogP contribution < -0.4 is 14.8 Å². The average molecular weight is 366 g/mol. The van der Waals surface area contributed by atoms with Crippen LogP contribution in [-0.2, 0) is 4.74 Å². The van der Waals surface area contributed by atoms with Gasteiger partial charge >= 0.3 is 6.09 Å². The van der Waals surface area contributed by atoms with Crippen molar-refractivity contribution < 1.29 is 19.0 Å². The summed E-state index contributed by atoms with van der Waals surface area (Å²) in [5, 5.41) is 2.75. The second-order valence-corrected chi connectivity index (χ2v) is 6.11. The third-order valence-electron chi connectivity index (χ3n) is 4.30. The van der Waals surface area contributed by atoms with Crippen molar-refractivity contribution in [3.63, 3.8) is 0 Å². The highest BCUT2D eigenvalue weighted by atomic mass is 16.5. The quantitative estimate of drug-likeness (QED) is 0.855. The highest BCUT2D eigenvalue weighted by Crippen LogP contribution is 2.27. The Balaban J connectivity index is 1.58. The number of hydrogen-bond donors (Lipinski definition) is 1. The lowest BCUT2D eigenvalue weighted by atomic mass is 10.0. The Hall–Kier alpha value is -3.28. The van der Waals surface area contributed by atoms with Crippen LogP contribution in [0.15, 0.2) is 59.7 Å². The third-order valence-corrected chi connectivity index (χ3v) is 4.30. The lowest BCUT2D eigenvalue weighted by Gasteiger charge is -2.14. The zero-order chi connectivity index (χ0) is 19.2. The molecule has 6 nitrogen and oxygen atoms in total. The smallest absolute Gasteiger partial charge is 0.407 e. The van der Waals surface area contributed by atoms with Crippen LogP contribution in [-0.4, -0.2) is 26.2 Å². The normalized spacial score (nSPS) is 14.0. The van der Waals surface area contributed by atoms with Gasteiger partial charge in [-0.25, -0.2) is 9.79 Å². The zero-order valence-corrected chi connectivity index (χ0v) is 15.6. The predicted octanol–water partition coefficient (Wildman–Crippen LogP) is 4.33. The van der Waals surface area contributed by atoms with Crippen LogP contribution in [0.2, 0.25) is 0 Å². The summed E-state index contributed by atoms with van der Waals surface area (Å²) in [5.41, 5.74) is 3.15. The Morgan fingerprint density at radius 3 is 2.33 bits per heavy atom. The standard InChI is InChI=1S/C21H22N2O4/c1-14(23-21(24)26-3)15-4-6-16(7-5-15)17-12-20(22-13-17)27-19-10-8-18(25-2)9-11-19/h4-11,13-14H,12H2,1-3H3,(H,23,24). The Kier molecular flexibility index (Phi) is 5.76. The Morgan fingerprint density at radius 2 is 1.70 bits per heavy atom. The maximum atomic E-state index is 11.3. The molecule has 1 amide bonds. The number of aliphatic imine (C=N–C) groups is 1. The SMILES string of the molecule is COC(=O)NC(C)c1ccc(C2=CN=C(Oc3ccc(OC)cc3)C2)cc1. The van der Waals surface area contributed by atoms with E-state index >= 15 is 0 Å². The Morgan fingerprint density at radius 1 is 1.04 bits per heavy atom. The van der Waals surface area contributed by atoms with Gasteiger partial charge in [0.05, 0.1) is 26.7 Å². The minimum atomic E-state index is -0.446. The summed E-state index contributed by atoms with van der Waals surface area (Å²) in [6.45, 7) is 1.91. The molecule has 0 aliphatic carbocycles. The number of amides is 1. The van der Waals surface area contributed by atoms with Gasteiger partial charge in [-0.15, -0.1) is 0 Å². The number of alkyl carbamates (subject to hydrolysis) is 1. The number of hydrogen-bond acceptors (Lipinski definition) is 5. The summed E-state index contributed by atoms with van der Waals surface area (Å²) in [6, 6.07) is 15.3. The molecule has 0 aromatic heterocycles. The van der Waals surface area contributed by atoms with Crippen molar-refractivity contribution in [1.82, 2.24) is 5.32 Å². The molecule has 140 valence electrons. The number of carbonyl (C=O) groups excluding carboxylic acids is 1. The van der Waals surface area contributed by atoms with Gasteiger partial charge in [0.2, 0.25) is 0 Å². The van der Waals surface area contributed by atoms with Gasteiger partial charge in [0, 0.05) is 6.20 Å². The number of methoxy groups -OCH3 is 2. The van der Waals surface area contributed by atoms with E-state index in [1.54, 1.807) is 7.11 Å². The van der Waals surface area contributed by atoms with Crippen molar-refractivity contribution in [3.8, 4) is 11.5 Å². The van der Waals surface area contributed by atoms with Crippen LogP contribution >= 0.6 is 0 Å². The molecule has 0 saturated heterocycles. The van der Waals surface area contributed by atoms with Gasteiger partial charge in [0.1, 0.15) is 11.5 Å². The maximum absolute atomic E-state index is 11.3. The van der Waals surface area contributed by atoms with E-state index in [1.807, 2.05) is 61.7 Å². The molecule has 2 aromatic carbocycles. The zero-order valence-electron chi connectivity index (χ0n) is 15.6. The second kappa shape index (κ2) is 8.40. The highest BCUT2D eigenvalue weighted by Gasteiger charge is 2.15. The monoisotopic (exact) mass is 366 g/mol. The first-order chi connectivity index (χ1) is 13.1. The van der Waals surface area contributed by atoms with E-state index in [9.17, 15) is 4.79 Å². The molecule has 1 heterocycles. The summed E-state index contributed by atoms with van der Waals surface area (Å²) in [5.74, 6) is 2.16. The highest BCUT2D eigenvalue weighted by molar-refractivity contribution is 5.94. The minimum Gasteiger partial charge on any atom is -0.497 e. The molecule has 1 unspecified atom stereocenters. The van der Waals surface area contributed by atoms with Gasteiger partial charge in [-0.05, 0) is 47.9 Å². The van der Waals surface area contributed by atoms with E-state index in [2.05, 4.69) is 15.0 Å². The fourth-order valence-corrected chi connectivity index (χ4v) is 2.73. The first kappa shape index (κ1) is 18.5. The lowest BCUT2D eigenvalue weighted by Crippen LogP contribution is -2.26. The van der Waals surface area contributed by atoms with Crippen molar-refractivity contribution in [3.05, 3.63) is 65.9 Å². The predicted molar refractivity (Wildman–Crippen MR) is 104 cm³/mol. The van der Waals surface area contributed by atoms with Crippen LogP contribution in [0, 0.1) is 0 Å². The Bertz CT molecular complexity index is 855. The molecule has 0 saturated carbocycles. The van der Waals surface area contributed by atoms with E-state index in [0.29, 0.717) is 12.3 Å². The van der Waals surface area contributed by atoms with Crippen molar-refractivity contribution >= 4 is 17.6 Å². The fourth-order valence-electron chi connectivity index (χ4n) is 2.73. The topological polar surface area (TPSA) is 69.2 Å². The molecule has 2 aromatic rings. The fraction of sp³-hybridized carbons (Fsp3) is 0.238. The molecule has 27 heavy (non-hydrogen) atoms. The summed E-state index contributed by atoms with van der Waals surface area (Å²) < 4.78 is 15.6. The summed E-state index contributed by atoms with van der Waals surface area (Å²) >= 11 is 0. The van der Waals surface area contributed by atoms with E-state index in [-0.39, 0.29) is 6.04 Å². The van der Waals surface area contributed by atoms with Gasteiger partial charge in [-0.1, -0.05) is 24.3 Å². The number of nitrogens with one attached hydrogen (secondary N) is 1. The van der Waals surface area contributed by atoms with E-state index < -0.39 is 6.09 Å². The molecule has 1 N–H and O–H groups in total. The van der Waals surface area contributed by atoms with Crippen LogP contribution in [0.5, 0.6) is 11.5 Å². The molecule has 1 aliphatic rings. The van der Waals surface area contributed by atoms with Gasteiger partial charge in [-0.2, -0.15) is 0 Å². The van der Waals surface area contributed by atoms with Crippen LogP contribution in [0.1, 0.15) is 30.5 Å². The molecule has 1 aliphatic heterocycles. The van der Waals surface area contributed by atoms with Crippen molar-refractivity contribution in [2.45, 2.75) is 19.4 Å². The molecule has 0 spiro atoms. The van der Waals surface area contributed by atoms with Gasteiger partial charge < -0.3 is 19.5 Å². The molecular formula is C21H22N2O4. The average Bonchev–Trinajstić information content (AvgIpc) is 3.17. The van der Waals surface area contributed by atoms with E-state index in [1.165, 1.54) is 7.11 Å². The molecule has 6 heteroatoms. The number of nitrogens with zero attached hydrogens (tertiary/aromatic N) is 1. The summed E-state index contributed by atoms with van der Waals surface area (Å²) in [4.78, 5) is 15.7. The Labute approximate surface area is 158 Å². The van der Waals surface area contributed by atoms with Crippen molar-refractivity contribution in [2.75, 3.05) is 14.2 Å². The van der Waals surface area contributed by atoms with Gasteiger partial charge in [-0.3, -0.25) is 0 Å². The minimum absolute atomic E-state index is 0.130. The van der Waals surface area contributed by atoms with Crippen LogP contribution in [0.4, 0.5) is 4.79 Å². The number of carbonyl (C=O) groups is 1. The largest absolute Gasteiger partial charge is 0.497 e. The molecular weight excluding hydrogens is 344 g/mol. The lowest BCUT2D eigenvalue weighted by molar-refractivity contribution is 0.167. The number of benzene rings is 2. The number of rotatable bonds is 5. The second-order valence-electron chi connectivity index (χ2n) is 6.11. The first-order valence-corrected chi connectivity index (χ1v) is 8.61. The van der Waals surface area contributed by atoms with E-state index in [0.717, 1.165) is 28.2 Å². The van der Waals surface area contributed by atoms with Crippen molar-refractivity contribution in [1.29, 1.82) is 0 Å². The van der Waals surface area contributed by atoms with Gasteiger partial charge in [0.15, 0.2) is 5.90 Å². The molecule has 0 fully saturated rings. The molecule has 1 atom stereocenters. The van der Waals surface area contributed by atoms with Crippen molar-refractivity contribution in [2.24, 2.45) is 4.99 Å².